The first-order valence-corrected chi connectivity index (χ1v) is 21.3. The first-order chi connectivity index (χ1) is 30.0. The summed E-state index contributed by atoms with van der Waals surface area (Å²) in [4.78, 5) is 5.27. The van der Waals surface area contributed by atoms with Crippen molar-refractivity contribution in [3.05, 3.63) is 222 Å². The van der Waals surface area contributed by atoms with E-state index in [1.807, 2.05) is 0 Å². The van der Waals surface area contributed by atoms with Crippen LogP contribution in [0.2, 0.25) is 0 Å². The molecule has 1 aliphatic carbocycles. The molecule has 1 aliphatic heterocycles. The fourth-order valence-corrected chi connectivity index (χ4v) is 10.7. The maximum atomic E-state index is 5.27. The number of fused-ring (bicyclic) bond motifs is 14. The van der Waals surface area contributed by atoms with Gasteiger partial charge in [0.2, 0.25) is 0 Å². The van der Waals surface area contributed by atoms with E-state index in [9.17, 15) is 0 Å². The molecule has 1 unspecified atom stereocenters. The summed E-state index contributed by atoms with van der Waals surface area (Å²) in [6.45, 7) is 4.70. The zero-order valence-corrected chi connectivity index (χ0v) is 33.9. The number of hydrogen-bond donors (Lipinski definition) is 1. The van der Waals surface area contributed by atoms with Gasteiger partial charge >= 0.3 is 0 Å². The molecule has 3 heterocycles. The van der Waals surface area contributed by atoms with Gasteiger partial charge in [0.25, 0.3) is 0 Å². The van der Waals surface area contributed by atoms with Crippen LogP contribution in [0.5, 0.6) is 0 Å². The van der Waals surface area contributed by atoms with E-state index in [0.717, 1.165) is 28.5 Å². The lowest BCUT2D eigenvalue weighted by Crippen LogP contribution is -2.33. The Kier molecular flexibility index (Phi) is 7.10. The molecular formula is C57H40N4. The van der Waals surface area contributed by atoms with E-state index in [2.05, 4.69) is 223 Å². The highest BCUT2D eigenvalue weighted by molar-refractivity contribution is 6.34. The zero-order valence-electron chi connectivity index (χ0n) is 33.9. The minimum atomic E-state index is -0.0817. The Hall–Kier alpha value is -7.69. The summed E-state index contributed by atoms with van der Waals surface area (Å²) in [5, 5.41) is 12.7. The van der Waals surface area contributed by atoms with Gasteiger partial charge in [0.15, 0.2) is 0 Å². The van der Waals surface area contributed by atoms with Crippen molar-refractivity contribution in [1.29, 1.82) is 0 Å². The van der Waals surface area contributed by atoms with Crippen LogP contribution in [0, 0.1) is 0 Å². The molecule has 0 radical (unpaired) electrons. The highest BCUT2D eigenvalue weighted by Gasteiger charge is 2.36. The van der Waals surface area contributed by atoms with Gasteiger partial charge in [0.05, 0.1) is 28.3 Å². The smallest absolute Gasteiger partial charge is 0.134 e. The molecule has 0 saturated carbocycles. The molecule has 13 rings (SSSR count). The molecule has 1 N–H and O–H groups in total. The number of hydrogen-bond acceptors (Lipinski definition) is 2. The highest BCUT2D eigenvalue weighted by atomic mass is 15.1. The van der Waals surface area contributed by atoms with Crippen molar-refractivity contribution in [2.75, 3.05) is 0 Å². The maximum absolute atomic E-state index is 5.27. The summed E-state index contributed by atoms with van der Waals surface area (Å²) < 4.78 is 4.87. The number of aliphatic imine (C=N–C) groups is 1. The normalized spacial score (nSPS) is 15.2. The van der Waals surface area contributed by atoms with Crippen molar-refractivity contribution in [3.8, 4) is 22.5 Å². The second-order valence-electron chi connectivity index (χ2n) is 17.2. The third-order valence-corrected chi connectivity index (χ3v) is 13.6. The van der Waals surface area contributed by atoms with Gasteiger partial charge in [-0.3, -0.25) is 0 Å². The number of rotatable bonds is 4. The van der Waals surface area contributed by atoms with E-state index in [0.29, 0.717) is 0 Å². The van der Waals surface area contributed by atoms with Crippen LogP contribution in [0.15, 0.2) is 199 Å². The van der Waals surface area contributed by atoms with E-state index >= 15 is 0 Å². The van der Waals surface area contributed by atoms with Crippen molar-refractivity contribution >= 4 is 65.8 Å². The number of para-hydroxylation sites is 2. The van der Waals surface area contributed by atoms with Crippen molar-refractivity contribution in [1.82, 2.24) is 14.5 Å². The summed E-state index contributed by atoms with van der Waals surface area (Å²) in [6.07, 6.45) is 2.21. The molecule has 0 amide bonds. The van der Waals surface area contributed by atoms with E-state index < -0.39 is 0 Å². The molecule has 0 spiro atoms. The van der Waals surface area contributed by atoms with E-state index in [1.165, 1.54) is 87.6 Å². The largest absolute Gasteiger partial charge is 0.359 e. The van der Waals surface area contributed by atoms with Crippen LogP contribution in [0.4, 0.5) is 5.69 Å². The maximum Gasteiger partial charge on any atom is 0.134 e. The van der Waals surface area contributed by atoms with Crippen molar-refractivity contribution in [2.24, 2.45) is 4.99 Å². The second-order valence-corrected chi connectivity index (χ2v) is 17.2. The van der Waals surface area contributed by atoms with Gasteiger partial charge in [-0.15, -0.1) is 0 Å². The van der Waals surface area contributed by atoms with Crippen LogP contribution in [-0.2, 0) is 5.41 Å². The fourth-order valence-electron chi connectivity index (χ4n) is 10.7. The molecule has 4 heteroatoms. The van der Waals surface area contributed by atoms with E-state index in [1.54, 1.807) is 0 Å². The zero-order chi connectivity index (χ0) is 40.4. The highest BCUT2D eigenvalue weighted by Crippen LogP contribution is 2.50. The third kappa shape index (κ3) is 4.85. The molecule has 2 aromatic heterocycles. The van der Waals surface area contributed by atoms with E-state index in [4.69, 9.17) is 4.99 Å². The monoisotopic (exact) mass is 780 g/mol. The van der Waals surface area contributed by atoms with Crippen molar-refractivity contribution < 1.29 is 0 Å². The van der Waals surface area contributed by atoms with Crippen LogP contribution >= 0.6 is 0 Å². The van der Waals surface area contributed by atoms with Gasteiger partial charge in [-0.25, -0.2) is 4.99 Å². The number of nitrogens with zero attached hydrogens (tertiary/aromatic N) is 3. The summed E-state index contributed by atoms with van der Waals surface area (Å²) in [5.74, 6) is 0.873. The molecule has 0 fully saturated rings. The Morgan fingerprint density at radius 1 is 0.508 bits per heavy atom. The van der Waals surface area contributed by atoms with Gasteiger partial charge in [-0.1, -0.05) is 153 Å². The van der Waals surface area contributed by atoms with Crippen LogP contribution < -0.4 is 5.32 Å². The Labute approximate surface area is 353 Å². The molecular weight excluding hydrogens is 741 g/mol. The van der Waals surface area contributed by atoms with Crippen LogP contribution in [-0.4, -0.2) is 15.0 Å². The Morgan fingerprint density at radius 3 is 2.03 bits per heavy atom. The Bertz CT molecular complexity index is 3640. The summed E-state index contributed by atoms with van der Waals surface area (Å²) in [6, 6.07) is 68.8. The third-order valence-electron chi connectivity index (χ3n) is 13.6. The predicted octanol–water partition coefficient (Wildman–Crippen LogP) is 14.1. The van der Waals surface area contributed by atoms with E-state index in [-0.39, 0.29) is 11.5 Å². The number of amidine groups is 1. The number of aromatic nitrogens is 2. The first-order valence-electron chi connectivity index (χ1n) is 21.3. The van der Waals surface area contributed by atoms with Crippen molar-refractivity contribution in [2.45, 2.75) is 25.3 Å². The van der Waals surface area contributed by atoms with Gasteiger partial charge in [0, 0.05) is 55.7 Å². The molecule has 2 aliphatic rings. The minimum Gasteiger partial charge on any atom is -0.359 e. The molecule has 0 bridgehead atoms. The fraction of sp³-hybridized carbons (Fsp3) is 0.0702. The molecule has 9 aromatic carbocycles. The second kappa shape index (κ2) is 12.7. The lowest BCUT2D eigenvalue weighted by Gasteiger charge is -2.29. The SMILES string of the molecule is CC1(C)c2ccccc2-c2ccc(C3NC(c4ccc(-n5c6c7ccccc7c7ccccc7c6c6ccc7ccn(-c8ccccc8)c7c65)cc4)=Nc4ccccc43)cc21. The Balaban J connectivity index is 0.998. The van der Waals surface area contributed by atoms with Gasteiger partial charge in [-0.05, 0) is 92.5 Å². The predicted molar refractivity (Wildman–Crippen MR) is 254 cm³/mol. The molecule has 1 atom stereocenters. The average Bonchev–Trinajstić information content (AvgIpc) is 3.98. The number of nitrogens with one attached hydrogen (secondary N) is 1. The Morgan fingerprint density at radius 2 is 1.20 bits per heavy atom. The lowest BCUT2D eigenvalue weighted by molar-refractivity contribution is 0.656. The van der Waals surface area contributed by atoms with Crippen LogP contribution in [0.25, 0.3) is 76.8 Å². The van der Waals surface area contributed by atoms with Gasteiger partial charge in [0.1, 0.15) is 5.84 Å². The van der Waals surface area contributed by atoms with Crippen molar-refractivity contribution in [3.63, 3.8) is 0 Å². The number of benzene rings is 9. The summed E-state index contributed by atoms with van der Waals surface area (Å²) in [7, 11) is 0. The standard InChI is InChI=1S/C57H40N4/c1-57(2)48-22-12-10-18-42(48)43-30-27-37(34-49(43)57)52-46-21-11-13-23-50(46)58-56(59-52)36-24-28-39(29-25-36)61-54-45-20-9-7-17-41(45)40-16-6-8-19-44(40)51(54)47-31-26-35-32-33-60(53(35)55(47)61)38-14-4-3-5-15-38/h3-34,52H,1-2H3,(H,58,59). The summed E-state index contributed by atoms with van der Waals surface area (Å²) in [5.41, 5.74) is 15.7. The quantitative estimate of drug-likeness (QED) is 0.177. The minimum absolute atomic E-state index is 0.0516. The van der Waals surface area contributed by atoms with Crippen LogP contribution in [0.3, 0.4) is 0 Å². The topological polar surface area (TPSA) is 34.2 Å². The summed E-state index contributed by atoms with van der Waals surface area (Å²) >= 11 is 0. The van der Waals surface area contributed by atoms with Gasteiger partial charge in [-0.2, -0.15) is 0 Å². The molecule has 4 nitrogen and oxygen atoms in total. The molecule has 61 heavy (non-hydrogen) atoms. The molecule has 288 valence electrons. The van der Waals surface area contributed by atoms with Gasteiger partial charge < -0.3 is 14.5 Å². The first kappa shape index (κ1) is 34.2. The lowest BCUT2D eigenvalue weighted by atomic mass is 9.81. The van der Waals surface area contributed by atoms with Crippen LogP contribution in [0.1, 0.15) is 47.7 Å². The molecule has 0 saturated heterocycles. The average molecular weight is 781 g/mol. The molecule has 11 aromatic rings.